The van der Waals surface area contributed by atoms with Crippen LogP contribution in [0.1, 0.15) is 43.2 Å². The van der Waals surface area contributed by atoms with Crippen molar-refractivity contribution in [2.24, 2.45) is 5.92 Å². The van der Waals surface area contributed by atoms with Crippen LogP contribution in [-0.4, -0.2) is 29.8 Å². The van der Waals surface area contributed by atoms with Crippen molar-refractivity contribution in [3.8, 4) is 6.07 Å². The van der Waals surface area contributed by atoms with Gasteiger partial charge in [0.05, 0.1) is 11.6 Å². The minimum Gasteiger partial charge on any atom is -0.300 e. The lowest BCUT2D eigenvalue weighted by Crippen LogP contribution is -2.51. The SMILES string of the molecule is CN1C2CCCC1CC(C(=O)Cc1ccccc1C#N)C2. The summed E-state index contributed by atoms with van der Waals surface area (Å²) in [6.07, 6.45) is 6.17. The number of hydrogen-bond donors (Lipinski definition) is 0. The van der Waals surface area contributed by atoms with Crippen LogP contribution in [0.5, 0.6) is 0 Å². The standard InChI is InChI=1S/C18H22N2O/c1-20-16-7-4-8-17(20)10-15(9-16)18(21)11-13-5-2-3-6-14(13)12-19/h2-3,5-6,15-17H,4,7-11H2,1H3. The molecule has 0 saturated carbocycles. The number of rotatable bonds is 3. The molecule has 2 fully saturated rings. The Hall–Kier alpha value is -1.66. The van der Waals surface area contributed by atoms with Gasteiger partial charge in [-0.1, -0.05) is 24.6 Å². The van der Waals surface area contributed by atoms with Crippen LogP contribution in [0.3, 0.4) is 0 Å². The maximum Gasteiger partial charge on any atom is 0.140 e. The van der Waals surface area contributed by atoms with Crippen LogP contribution in [0.25, 0.3) is 0 Å². The summed E-state index contributed by atoms with van der Waals surface area (Å²) in [5, 5.41) is 9.14. The van der Waals surface area contributed by atoms with E-state index in [2.05, 4.69) is 18.0 Å². The molecule has 1 aromatic rings. The molecule has 2 bridgehead atoms. The van der Waals surface area contributed by atoms with Crippen LogP contribution in [0.2, 0.25) is 0 Å². The van der Waals surface area contributed by atoms with E-state index in [1.165, 1.54) is 19.3 Å². The summed E-state index contributed by atoms with van der Waals surface area (Å²) < 4.78 is 0. The fourth-order valence-corrected chi connectivity index (χ4v) is 3.99. The van der Waals surface area contributed by atoms with Gasteiger partial charge in [-0.3, -0.25) is 4.79 Å². The Morgan fingerprint density at radius 3 is 2.62 bits per heavy atom. The van der Waals surface area contributed by atoms with Gasteiger partial charge in [0.1, 0.15) is 5.78 Å². The predicted octanol–water partition coefficient (Wildman–Crippen LogP) is 2.93. The highest BCUT2D eigenvalue weighted by atomic mass is 16.1. The number of hydrogen-bond acceptors (Lipinski definition) is 3. The zero-order valence-electron chi connectivity index (χ0n) is 12.6. The molecule has 2 aliphatic rings. The van der Waals surface area contributed by atoms with E-state index in [4.69, 9.17) is 5.26 Å². The van der Waals surface area contributed by atoms with Crippen molar-refractivity contribution in [1.29, 1.82) is 5.26 Å². The lowest BCUT2D eigenvalue weighted by atomic mass is 9.76. The van der Waals surface area contributed by atoms with Crippen molar-refractivity contribution in [3.63, 3.8) is 0 Å². The van der Waals surface area contributed by atoms with Crippen molar-refractivity contribution in [1.82, 2.24) is 4.90 Å². The average molecular weight is 282 g/mol. The largest absolute Gasteiger partial charge is 0.300 e. The first-order valence-corrected chi connectivity index (χ1v) is 7.91. The van der Waals surface area contributed by atoms with Crippen LogP contribution >= 0.6 is 0 Å². The molecule has 0 N–H and O–H groups in total. The van der Waals surface area contributed by atoms with E-state index in [0.29, 0.717) is 29.9 Å². The third-order valence-electron chi connectivity index (χ3n) is 5.30. The highest BCUT2D eigenvalue weighted by Crippen LogP contribution is 2.36. The number of fused-ring (bicyclic) bond motifs is 2. The second-order valence-corrected chi connectivity index (χ2v) is 6.48. The van der Waals surface area contributed by atoms with E-state index < -0.39 is 0 Å². The highest BCUT2D eigenvalue weighted by molar-refractivity contribution is 5.84. The monoisotopic (exact) mass is 282 g/mol. The van der Waals surface area contributed by atoms with Gasteiger partial charge < -0.3 is 4.90 Å². The summed E-state index contributed by atoms with van der Waals surface area (Å²) in [5.74, 6) is 0.506. The fourth-order valence-electron chi connectivity index (χ4n) is 3.99. The van der Waals surface area contributed by atoms with Crippen LogP contribution in [0.15, 0.2) is 24.3 Å². The second-order valence-electron chi connectivity index (χ2n) is 6.48. The first-order chi connectivity index (χ1) is 10.2. The number of Topliss-reactive ketones (excluding diaryl/α,β-unsaturated/α-hetero) is 1. The topological polar surface area (TPSA) is 44.1 Å². The summed E-state index contributed by atoms with van der Waals surface area (Å²) in [6, 6.07) is 10.8. The number of piperidine rings is 2. The van der Waals surface area contributed by atoms with Crippen LogP contribution in [0.4, 0.5) is 0 Å². The molecule has 0 radical (unpaired) electrons. The lowest BCUT2D eigenvalue weighted by Gasteiger charge is -2.46. The number of ketones is 1. The highest BCUT2D eigenvalue weighted by Gasteiger charge is 2.38. The summed E-state index contributed by atoms with van der Waals surface area (Å²) in [4.78, 5) is 15.1. The van der Waals surface area contributed by atoms with Crippen molar-refractivity contribution in [2.75, 3.05) is 7.05 Å². The minimum absolute atomic E-state index is 0.184. The van der Waals surface area contributed by atoms with Crippen molar-refractivity contribution in [3.05, 3.63) is 35.4 Å². The van der Waals surface area contributed by atoms with E-state index in [-0.39, 0.29) is 5.92 Å². The van der Waals surface area contributed by atoms with Gasteiger partial charge in [0, 0.05) is 24.4 Å². The van der Waals surface area contributed by atoms with Gasteiger partial charge >= 0.3 is 0 Å². The molecule has 0 aliphatic carbocycles. The van der Waals surface area contributed by atoms with Gasteiger partial charge in [0.2, 0.25) is 0 Å². The zero-order chi connectivity index (χ0) is 14.8. The van der Waals surface area contributed by atoms with Gasteiger partial charge in [0.25, 0.3) is 0 Å². The number of carbonyl (C=O) groups excluding carboxylic acids is 1. The smallest absolute Gasteiger partial charge is 0.140 e. The van der Waals surface area contributed by atoms with E-state index in [1.54, 1.807) is 6.07 Å². The number of carbonyl (C=O) groups is 1. The first-order valence-electron chi connectivity index (χ1n) is 7.91. The number of nitrogens with zero attached hydrogens (tertiary/aromatic N) is 2. The molecule has 2 unspecified atom stereocenters. The Kier molecular flexibility index (Phi) is 4.07. The van der Waals surface area contributed by atoms with E-state index >= 15 is 0 Å². The maximum absolute atomic E-state index is 12.6. The van der Waals surface area contributed by atoms with Crippen LogP contribution < -0.4 is 0 Å². The molecule has 1 aromatic carbocycles. The van der Waals surface area contributed by atoms with Gasteiger partial charge in [-0.15, -0.1) is 0 Å². The second kappa shape index (κ2) is 5.99. The minimum atomic E-state index is 0.184. The Morgan fingerprint density at radius 2 is 1.95 bits per heavy atom. The van der Waals surface area contributed by atoms with Crippen LogP contribution in [-0.2, 0) is 11.2 Å². The molecule has 21 heavy (non-hydrogen) atoms. The van der Waals surface area contributed by atoms with E-state index in [0.717, 1.165) is 18.4 Å². The molecule has 110 valence electrons. The maximum atomic E-state index is 12.6. The Labute approximate surface area is 126 Å². The van der Waals surface area contributed by atoms with Crippen molar-refractivity contribution >= 4 is 5.78 Å². The Bertz CT molecular complexity index is 561. The van der Waals surface area contributed by atoms with Crippen molar-refractivity contribution < 1.29 is 4.79 Å². The quantitative estimate of drug-likeness (QED) is 0.856. The van der Waals surface area contributed by atoms with Crippen molar-refractivity contribution in [2.45, 2.75) is 50.6 Å². The van der Waals surface area contributed by atoms with E-state index in [1.807, 2.05) is 18.2 Å². The third kappa shape index (κ3) is 2.87. The van der Waals surface area contributed by atoms with Gasteiger partial charge in [0.15, 0.2) is 0 Å². The molecule has 0 aromatic heterocycles. The molecular formula is C18H22N2O. The predicted molar refractivity (Wildman–Crippen MR) is 81.8 cm³/mol. The molecule has 2 aliphatic heterocycles. The Morgan fingerprint density at radius 1 is 1.29 bits per heavy atom. The summed E-state index contributed by atoms with van der Waals surface area (Å²) >= 11 is 0. The third-order valence-corrected chi connectivity index (χ3v) is 5.30. The average Bonchev–Trinajstić information content (AvgIpc) is 2.47. The molecule has 3 rings (SSSR count). The number of nitriles is 1. The summed E-state index contributed by atoms with van der Waals surface area (Å²) in [7, 11) is 2.21. The molecule has 3 heteroatoms. The molecule has 0 spiro atoms. The molecule has 2 atom stereocenters. The first kappa shape index (κ1) is 14.3. The van der Waals surface area contributed by atoms with Gasteiger partial charge in [-0.05, 0) is 44.4 Å². The summed E-state index contributed by atoms with van der Waals surface area (Å²) in [6.45, 7) is 0. The zero-order valence-corrected chi connectivity index (χ0v) is 12.6. The Balaban J connectivity index is 1.70. The van der Waals surface area contributed by atoms with E-state index in [9.17, 15) is 4.79 Å². The molecule has 0 amide bonds. The summed E-state index contributed by atoms with van der Waals surface area (Å²) in [5.41, 5.74) is 1.52. The lowest BCUT2D eigenvalue weighted by molar-refractivity contribution is -0.125. The van der Waals surface area contributed by atoms with Gasteiger partial charge in [-0.25, -0.2) is 0 Å². The molecular weight excluding hydrogens is 260 g/mol. The molecule has 2 saturated heterocycles. The molecule has 3 nitrogen and oxygen atoms in total. The number of benzene rings is 1. The molecule has 2 heterocycles. The van der Waals surface area contributed by atoms with Crippen LogP contribution in [0, 0.1) is 17.2 Å². The fraction of sp³-hybridized carbons (Fsp3) is 0.556. The van der Waals surface area contributed by atoms with Gasteiger partial charge in [-0.2, -0.15) is 5.26 Å². The normalized spacial score (nSPS) is 28.9.